The third kappa shape index (κ3) is 4.11. The van der Waals surface area contributed by atoms with Crippen LogP contribution in [-0.4, -0.2) is 24.5 Å². The average Bonchev–Trinajstić information content (AvgIpc) is 2.38. The van der Waals surface area contributed by atoms with E-state index >= 15 is 0 Å². The predicted octanol–water partition coefficient (Wildman–Crippen LogP) is 4.51. The Kier molecular flexibility index (Phi) is 5.36. The van der Waals surface area contributed by atoms with Gasteiger partial charge in [-0.25, -0.2) is 0 Å². The van der Waals surface area contributed by atoms with Crippen LogP contribution in [0.2, 0.25) is 10.0 Å². The monoisotopic (exact) mass is 314 g/mol. The van der Waals surface area contributed by atoms with Crippen LogP contribution >= 0.6 is 23.2 Å². The minimum atomic E-state index is -0.0498. The molecule has 2 N–H and O–H groups in total. The van der Waals surface area contributed by atoms with Gasteiger partial charge in [0, 0.05) is 12.6 Å². The van der Waals surface area contributed by atoms with E-state index in [1.54, 1.807) is 6.07 Å². The molecule has 20 heavy (non-hydrogen) atoms. The van der Waals surface area contributed by atoms with Crippen molar-refractivity contribution < 1.29 is 0 Å². The summed E-state index contributed by atoms with van der Waals surface area (Å²) >= 11 is 12.3. The largest absolute Gasteiger partial charge is 0.324 e. The number of benzene rings is 1. The van der Waals surface area contributed by atoms with Crippen molar-refractivity contribution in [1.29, 1.82) is 0 Å². The molecule has 0 aromatic heterocycles. The number of likely N-dealkylation sites (tertiary alicyclic amines) is 1. The first kappa shape index (κ1) is 16.1. The summed E-state index contributed by atoms with van der Waals surface area (Å²) in [6.07, 6.45) is 3.51. The standard InChI is InChI=1S/C16H24Cl2N2/c1-16(2)8-4-9-20(11-16)10-7-14(19)12-5-3-6-13(17)15(12)18/h3,5-6,14H,4,7-11,19H2,1-2H3. The van der Waals surface area contributed by atoms with Crippen molar-refractivity contribution in [1.82, 2.24) is 4.90 Å². The minimum Gasteiger partial charge on any atom is -0.324 e. The quantitative estimate of drug-likeness (QED) is 0.886. The molecule has 2 rings (SSSR count). The maximum Gasteiger partial charge on any atom is 0.0640 e. The van der Waals surface area contributed by atoms with E-state index in [1.165, 1.54) is 19.4 Å². The van der Waals surface area contributed by atoms with Gasteiger partial charge in [-0.3, -0.25) is 0 Å². The first-order chi connectivity index (χ1) is 9.39. The van der Waals surface area contributed by atoms with Crippen LogP contribution in [0.1, 0.15) is 44.7 Å². The highest BCUT2D eigenvalue weighted by Gasteiger charge is 2.26. The Labute approximate surface area is 132 Å². The van der Waals surface area contributed by atoms with Crippen LogP contribution in [-0.2, 0) is 0 Å². The zero-order chi connectivity index (χ0) is 14.8. The van der Waals surface area contributed by atoms with E-state index < -0.39 is 0 Å². The van der Waals surface area contributed by atoms with Crippen LogP contribution in [0.25, 0.3) is 0 Å². The SMILES string of the molecule is CC1(C)CCCN(CCC(N)c2cccc(Cl)c2Cl)C1. The molecule has 4 heteroatoms. The minimum absolute atomic E-state index is 0.0498. The number of piperidine rings is 1. The smallest absolute Gasteiger partial charge is 0.0640 e. The number of hydrogen-bond donors (Lipinski definition) is 1. The average molecular weight is 315 g/mol. The van der Waals surface area contributed by atoms with Gasteiger partial charge in [-0.15, -0.1) is 0 Å². The maximum atomic E-state index is 6.28. The summed E-state index contributed by atoms with van der Waals surface area (Å²) < 4.78 is 0. The summed E-state index contributed by atoms with van der Waals surface area (Å²) in [6, 6.07) is 5.63. The van der Waals surface area contributed by atoms with E-state index in [1.807, 2.05) is 12.1 Å². The second-order valence-electron chi connectivity index (χ2n) is 6.58. The molecule has 112 valence electrons. The summed E-state index contributed by atoms with van der Waals surface area (Å²) in [5.41, 5.74) is 7.66. The normalized spacial score (nSPS) is 20.9. The van der Waals surface area contributed by atoms with E-state index in [9.17, 15) is 0 Å². The Morgan fingerprint density at radius 1 is 1.35 bits per heavy atom. The third-order valence-corrected chi connectivity index (χ3v) is 4.95. The van der Waals surface area contributed by atoms with Crippen molar-refractivity contribution in [3.8, 4) is 0 Å². The van der Waals surface area contributed by atoms with Gasteiger partial charge in [-0.05, 0) is 49.4 Å². The summed E-state index contributed by atoms with van der Waals surface area (Å²) in [5.74, 6) is 0. The molecular formula is C16H24Cl2N2. The molecule has 0 saturated carbocycles. The zero-order valence-electron chi connectivity index (χ0n) is 12.3. The van der Waals surface area contributed by atoms with E-state index in [-0.39, 0.29) is 6.04 Å². The van der Waals surface area contributed by atoms with Crippen LogP contribution in [0.5, 0.6) is 0 Å². The van der Waals surface area contributed by atoms with Gasteiger partial charge < -0.3 is 10.6 Å². The molecule has 0 bridgehead atoms. The van der Waals surface area contributed by atoms with Crippen LogP contribution in [0.3, 0.4) is 0 Å². The van der Waals surface area contributed by atoms with Gasteiger partial charge in [-0.1, -0.05) is 49.2 Å². The Morgan fingerprint density at radius 3 is 2.80 bits per heavy atom. The molecule has 1 aromatic rings. The summed E-state index contributed by atoms with van der Waals surface area (Å²) in [6.45, 7) is 8.04. The molecule has 1 unspecified atom stereocenters. The molecular weight excluding hydrogens is 291 g/mol. The van der Waals surface area contributed by atoms with Gasteiger partial charge in [-0.2, -0.15) is 0 Å². The lowest BCUT2D eigenvalue weighted by Crippen LogP contribution is -2.41. The Bertz CT molecular complexity index is 460. The molecule has 0 amide bonds. The second-order valence-corrected chi connectivity index (χ2v) is 7.37. The number of rotatable bonds is 4. The number of nitrogens with two attached hydrogens (primary N) is 1. The molecule has 1 aromatic carbocycles. The highest BCUT2D eigenvalue weighted by molar-refractivity contribution is 6.42. The lowest BCUT2D eigenvalue weighted by atomic mass is 9.84. The zero-order valence-corrected chi connectivity index (χ0v) is 13.8. The van der Waals surface area contributed by atoms with Crippen LogP contribution in [0.15, 0.2) is 18.2 Å². The van der Waals surface area contributed by atoms with Crippen molar-refractivity contribution in [2.24, 2.45) is 11.1 Å². The van der Waals surface area contributed by atoms with Crippen molar-refractivity contribution in [3.63, 3.8) is 0 Å². The molecule has 1 heterocycles. The molecule has 0 radical (unpaired) electrons. The summed E-state index contributed by atoms with van der Waals surface area (Å²) in [5, 5.41) is 1.18. The summed E-state index contributed by atoms with van der Waals surface area (Å²) in [4.78, 5) is 2.52. The number of hydrogen-bond acceptors (Lipinski definition) is 2. The van der Waals surface area contributed by atoms with Gasteiger partial charge >= 0.3 is 0 Å². The highest BCUT2D eigenvalue weighted by Crippen LogP contribution is 2.32. The molecule has 0 aliphatic carbocycles. The topological polar surface area (TPSA) is 29.3 Å². The van der Waals surface area contributed by atoms with Crippen LogP contribution in [0, 0.1) is 5.41 Å². The number of halogens is 2. The van der Waals surface area contributed by atoms with E-state index in [0.29, 0.717) is 15.5 Å². The van der Waals surface area contributed by atoms with Gasteiger partial charge in [0.15, 0.2) is 0 Å². The Balaban J connectivity index is 1.92. The van der Waals surface area contributed by atoms with Crippen molar-refractivity contribution >= 4 is 23.2 Å². The van der Waals surface area contributed by atoms with Crippen LogP contribution in [0.4, 0.5) is 0 Å². The Hall–Kier alpha value is -0.280. The molecule has 2 nitrogen and oxygen atoms in total. The predicted molar refractivity (Wildman–Crippen MR) is 87.5 cm³/mol. The first-order valence-corrected chi connectivity index (χ1v) is 8.06. The third-order valence-electron chi connectivity index (χ3n) is 4.12. The Morgan fingerprint density at radius 2 is 2.10 bits per heavy atom. The van der Waals surface area contributed by atoms with Gasteiger partial charge in [0.2, 0.25) is 0 Å². The van der Waals surface area contributed by atoms with E-state index in [4.69, 9.17) is 28.9 Å². The molecule has 1 aliphatic rings. The molecule has 1 fully saturated rings. The first-order valence-electron chi connectivity index (χ1n) is 7.31. The fourth-order valence-corrected chi connectivity index (χ4v) is 3.47. The fourth-order valence-electron chi connectivity index (χ4n) is 3.02. The van der Waals surface area contributed by atoms with Crippen molar-refractivity contribution in [3.05, 3.63) is 33.8 Å². The molecule has 1 atom stereocenters. The maximum absolute atomic E-state index is 6.28. The van der Waals surface area contributed by atoms with Crippen molar-refractivity contribution in [2.45, 2.75) is 39.2 Å². The molecule has 1 aliphatic heterocycles. The fraction of sp³-hybridized carbons (Fsp3) is 0.625. The van der Waals surface area contributed by atoms with E-state index in [2.05, 4.69) is 18.7 Å². The highest BCUT2D eigenvalue weighted by atomic mass is 35.5. The molecule has 0 spiro atoms. The lowest BCUT2D eigenvalue weighted by molar-refractivity contribution is 0.115. The number of nitrogens with zero attached hydrogens (tertiary/aromatic N) is 1. The van der Waals surface area contributed by atoms with E-state index in [0.717, 1.165) is 25.1 Å². The van der Waals surface area contributed by atoms with Crippen molar-refractivity contribution in [2.75, 3.05) is 19.6 Å². The lowest BCUT2D eigenvalue weighted by Gasteiger charge is -2.38. The molecule has 1 saturated heterocycles. The second kappa shape index (κ2) is 6.65. The van der Waals surface area contributed by atoms with Gasteiger partial charge in [0.05, 0.1) is 10.0 Å². The van der Waals surface area contributed by atoms with Crippen LogP contribution < -0.4 is 5.73 Å². The summed E-state index contributed by atoms with van der Waals surface area (Å²) in [7, 11) is 0. The van der Waals surface area contributed by atoms with Gasteiger partial charge in [0.1, 0.15) is 0 Å². The van der Waals surface area contributed by atoms with Gasteiger partial charge in [0.25, 0.3) is 0 Å².